The lowest BCUT2D eigenvalue weighted by molar-refractivity contribution is -0.140. The summed E-state index contributed by atoms with van der Waals surface area (Å²) < 4.78 is 52.1. The van der Waals surface area contributed by atoms with Crippen molar-refractivity contribution in [1.82, 2.24) is 5.32 Å². The van der Waals surface area contributed by atoms with Gasteiger partial charge in [0, 0.05) is 11.6 Å². The molecule has 0 radical (unpaired) electrons. The third-order valence-electron chi connectivity index (χ3n) is 3.43. The van der Waals surface area contributed by atoms with Crippen molar-refractivity contribution in [3.63, 3.8) is 0 Å². The molecule has 1 saturated carbocycles. The van der Waals surface area contributed by atoms with Gasteiger partial charge in [0.2, 0.25) is 0 Å². The van der Waals surface area contributed by atoms with Crippen molar-refractivity contribution in [1.29, 1.82) is 0 Å². The number of rotatable bonds is 5. The van der Waals surface area contributed by atoms with Crippen molar-refractivity contribution in [2.45, 2.75) is 38.4 Å². The molecule has 0 saturated heterocycles. The quantitative estimate of drug-likeness (QED) is 0.790. The lowest BCUT2D eigenvalue weighted by Gasteiger charge is -2.20. The maximum Gasteiger partial charge on any atom is 0.419 e. The zero-order valence-electron chi connectivity index (χ0n) is 10.7. The second-order valence-electron chi connectivity index (χ2n) is 5.00. The van der Waals surface area contributed by atoms with E-state index in [0.29, 0.717) is 18.9 Å². The Balaban J connectivity index is 2.30. The van der Waals surface area contributed by atoms with Crippen LogP contribution in [-0.2, 0) is 6.18 Å². The highest BCUT2D eigenvalue weighted by atomic mass is 19.4. The van der Waals surface area contributed by atoms with Gasteiger partial charge in [0.25, 0.3) is 0 Å². The van der Waals surface area contributed by atoms with Gasteiger partial charge in [-0.1, -0.05) is 31.9 Å². The fourth-order valence-electron chi connectivity index (χ4n) is 2.29. The van der Waals surface area contributed by atoms with Crippen LogP contribution in [0.3, 0.4) is 0 Å². The normalized spacial score (nSPS) is 17.5. The molecule has 1 aliphatic carbocycles. The summed E-state index contributed by atoms with van der Waals surface area (Å²) in [6, 6.07) is 3.18. The summed E-state index contributed by atoms with van der Waals surface area (Å²) in [7, 11) is 0. The SMILES string of the molecule is CCNC(CC1CC1)c1cccc(C(F)(F)F)c1F. The predicted molar refractivity (Wildman–Crippen MR) is 65.2 cm³/mol. The van der Waals surface area contributed by atoms with Crippen molar-refractivity contribution in [3.8, 4) is 0 Å². The van der Waals surface area contributed by atoms with Gasteiger partial charge >= 0.3 is 6.18 Å². The average molecular weight is 275 g/mol. The van der Waals surface area contributed by atoms with E-state index in [2.05, 4.69) is 5.32 Å². The van der Waals surface area contributed by atoms with Crippen LogP contribution in [0.4, 0.5) is 17.6 Å². The summed E-state index contributed by atoms with van der Waals surface area (Å²) in [6.45, 7) is 2.47. The Labute approximate surface area is 110 Å². The molecule has 2 rings (SSSR count). The predicted octanol–water partition coefficient (Wildman–Crippen LogP) is 4.30. The largest absolute Gasteiger partial charge is 0.419 e. The van der Waals surface area contributed by atoms with Gasteiger partial charge in [0.1, 0.15) is 5.82 Å². The summed E-state index contributed by atoms with van der Waals surface area (Å²) in [5, 5.41) is 3.08. The van der Waals surface area contributed by atoms with Gasteiger partial charge in [-0.05, 0) is 24.9 Å². The van der Waals surface area contributed by atoms with Crippen molar-refractivity contribution in [2.75, 3.05) is 6.54 Å². The molecule has 1 nitrogen and oxygen atoms in total. The molecule has 1 aromatic rings. The number of hydrogen-bond donors (Lipinski definition) is 1. The highest BCUT2D eigenvalue weighted by Gasteiger charge is 2.36. The van der Waals surface area contributed by atoms with E-state index in [-0.39, 0.29) is 11.6 Å². The lowest BCUT2D eigenvalue weighted by atomic mass is 9.98. The molecule has 1 unspecified atom stereocenters. The first kappa shape index (κ1) is 14.3. The number of benzene rings is 1. The summed E-state index contributed by atoms with van der Waals surface area (Å²) in [6.07, 6.45) is -1.77. The number of alkyl halides is 3. The molecule has 106 valence electrons. The monoisotopic (exact) mass is 275 g/mol. The molecule has 1 aromatic carbocycles. The second kappa shape index (κ2) is 5.49. The molecule has 0 amide bonds. The molecule has 0 spiro atoms. The van der Waals surface area contributed by atoms with Gasteiger partial charge < -0.3 is 5.32 Å². The fourth-order valence-corrected chi connectivity index (χ4v) is 2.29. The number of halogens is 4. The van der Waals surface area contributed by atoms with E-state index >= 15 is 0 Å². The molecule has 1 N–H and O–H groups in total. The number of hydrogen-bond acceptors (Lipinski definition) is 1. The van der Waals surface area contributed by atoms with Crippen molar-refractivity contribution in [2.24, 2.45) is 5.92 Å². The van der Waals surface area contributed by atoms with Gasteiger partial charge in [-0.3, -0.25) is 0 Å². The van der Waals surface area contributed by atoms with E-state index in [1.165, 1.54) is 12.1 Å². The minimum absolute atomic E-state index is 0.128. The topological polar surface area (TPSA) is 12.0 Å². The van der Waals surface area contributed by atoms with Gasteiger partial charge in [-0.2, -0.15) is 13.2 Å². The molecule has 0 aliphatic heterocycles. The molecular weight excluding hydrogens is 258 g/mol. The minimum Gasteiger partial charge on any atom is -0.310 e. The van der Waals surface area contributed by atoms with Crippen LogP contribution in [0.25, 0.3) is 0 Å². The zero-order chi connectivity index (χ0) is 14.0. The lowest BCUT2D eigenvalue weighted by Crippen LogP contribution is -2.23. The summed E-state index contributed by atoms with van der Waals surface area (Å²) in [5.41, 5.74) is -1.05. The summed E-state index contributed by atoms with van der Waals surface area (Å²) >= 11 is 0. The van der Waals surface area contributed by atoms with Crippen LogP contribution in [0.2, 0.25) is 0 Å². The number of nitrogens with one attached hydrogen (secondary N) is 1. The Morgan fingerprint density at radius 3 is 2.53 bits per heavy atom. The third-order valence-corrected chi connectivity index (χ3v) is 3.43. The van der Waals surface area contributed by atoms with Crippen LogP contribution in [0.15, 0.2) is 18.2 Å². The van der Waals surface area contributed by atoms with Crippen molar-refractivity contribution in [3.05, 3.63) is 35.1 Å². The van der Waals surface area contributed by atoms with Gasteiger partial charge in [0.15, 0.2) is 0 Å². The molecule has 0 heterocycles. The minimum atomic E-state index is -4.64. The average Bonchev–Trinajstić information content (AvgIpc) is 3.11. The second-order valence-corrected chi connectivity index (χ2v) is 5.00. The molecular formula is C14H17F4N. The molecule has 1 aliphatic rings. The summed E-state index contributed by atoms with van der Waals surface area (Å²) in [5.74, 6) is -0.625. The molecule has 0 bridgehead atoms. The Morgan fingerprint density at radius 1 is 1.32 bits per heavy atom. The van der Waals surface area contributed by atoms with E-state index in [1.807, 2.05) is 6.92 Å². The van der Waals surface area contributed by atoms with Gasteiger partial charge in [-0.15, -0.1) is 0 Å². The van der Waals surface area contributed by atoms with Crippen LogP contribution in [0.1, 0.15) is 43.4 Å². The summed E-state index contributed by atoms with van der Waals surface area (Å²) in [4.78, 5) is 0. The van der Waals surface area contributed by atoms with E-state index in [4.69, 9.17) is 0 Å². The van der Waals surface area contributed by atoms with E-state index < -0.39 is 17.6 Å². The Kier molecular flexibility index (Phi) is 4.13. The van der Waals surface area contributed by atoms with Crippen LogP contribution >= 0.6 is 0 Å². The first-order chi connectivity index (χ1) is 8.93. The fraction of sp³-hybridized carbons (Fsp3) is 0.571. The van der Waals surface area contributed by atoms with Crippen LogP contribution in [0.5, 0.6) is 0 Å². The smallest absolute Gasteiger partial charge is 0.310 e. The standard InChI is InChI=1S/C14H17F4N/c1-2-19-12(8-9-6-7-9)10-4-3-5-11(13(10)15)14(16,17)18/h3-5,9,12,19H,2,6-8H2,1H3. The molecule has 1 atom stereocenters. The van der Waals surface area contributed by atoms with Gasteiger partial charge in [-0.25, -0.2) is 4.39 Å². The molecule has 5 heteroatoms. The van der Waals surface area contributed by atoms with Crippen molar-refractivity contribution < 1.29 is 17.6 Å². The van der Waals surface area contributed by atoms with Crippen LogP contribution < -0.4 is 5.32 Å². The van der Waals surface area contributed by atoms with Crippen LogP contribution in [-0.4, -0.2) is 6.54 Å². The first-order valence-corrected chi connectivity index (χ1v) is 6.52. The first-order valence-electron chi connectivity index (χ1n) is 6.52. The van der Waals surface area contributed by atoms with Crippen molar-refractivity contribution >= 4 is 0 Å². The van der Waals surface area contributed by atoms with E-state index in [0.717, 1.165) is 18.9 Å². The highest BCUT2D eigenvalue weighted by molar-refractivity contribution is 5.30. The third kappa shape index (κ3) is 3.47. The Bertz CT molecular complexity index is 438. The zero-order valence-corrected chi connectivity index (χ0v) is 10.7. The Hall–Kier alpha value is -1.10. The maximum absolute atomic E-state index is 14.1. The molecule has 0 aromatic heterocycles. The highest BCUT2D eigenvalue weighted by Crippen LogP contribution is 2.40. The van der Waals surface area contributed by atoms with E-state index in [9.17, 15) is 17.6 Å². The van der Waals surface area contributed by atoms with Gasteiger partial charge in [0.05, 0.1) is 5.56 Å². The Morgan fingerprint density at radius 2 is 2.00 bits per heavy atom. The molecule has 19 heavy (non-hydrogen) atoms. The maximum atomic E-state index is 14.1. The molecule has 1 fully saturated rings. The van der Waals surface area contributed by atoms with E-state index in [1.54, 1.807) is 0 Å². The van der Waals surface area contributed by atoms with Crippen LogP contribution in [0, 0.1) is 11.7 Å².